The number of para-hydroxylation sites is 1. The van der Waals surface area contributed by atoms with Gasteiger partial charge in [-0.05, 0) is 37.1 Å². The van der Waals surface area contributed by atoms with Crippen LogP contribution in [0, 0.1) is 0 Å². The molecule has 0 spiro atoms. The monoisotopic (exact) mass is 358 g/mol. The molecule has 0 amide bonds. The molecule has 0 N–H and O–H groups in total. The Kier molecular flexibility index (Phi) is 3.78. The lowest BCUT2D eigenvalue weighted by molar-refractivity contribution is 0.372. The molecule has 0 atom stereocenters. The topological polar surface area (TPSA) is 82.5 Å². The Hall–Kier alpha value is -3.35. The van der Waals surface area contributed by atoms with Crippen molar-refractivity contribution in [1.29, 1.82) is 0 Å². The fraction of sp³-hybridized carbons (Fsp3) is 0.250. The van der Waals surface area contributed by atoms with Crippen LogP contribution in [-0.4, -0.2) is 30.1 Å². The molecule has 0 saturated heterocycles. The van der Waals surface area contributed by atoms with Gasteiger partial charge in [0.15, 0.2) is 5.82 Å². The minimum atomic E-state index is -0.0300. The van der Waals surface area contributed by atoms with Crippen molar-refractivity contribution in [1.82, 2.24) is 30.1 Å². The van der Waals surface area contributed by atoms with Crippen LogP contribution < -0.4 is 0 Å². The summed E-state index contributed by atoms with van der Waals surface area (Å²) in [5.41, 5.74) is 2.75. The Labute approximate surface area is 156 Å². The van der Waals surface area contributed by atoms with E-state index in [0.717, 1.165) is 42.2 Å². The van der Waals surface area contributed by atoms with E-state index in [9.17, 15) is 0 Å². The van der Waals surface area contributed by atoms with Crippen molar-refractivity contribution in [3.63, 3.8) is 0 Å². The average molecular weight is 358 g/mol. The highest BCUT2D eigenvalue weighted by Crippen LogP contribution is 2.49. The molecule has 7 nitrogen and oxygen atoms in total. The zero-order chi connectivity index (χ0) is 18.1. The molecule has 1 aliphatic rings. The van der Waals surface area contributed by atoms with Gasteiger partial charge in [0.2, 0.25) is 5.89 Å². The normalized spacial score (nSPS) is 15.0. The first-order chi connectivity index (χ1) is 13.3. The SMILES string of the molecule is c1ccc(-n2ncc(Cc3nc(C4(Cc5ccccn5)CC4)no3)n2)cc1. The summed E-state index contributed by atoms with van der Waals surface area (Å²) in [6, 6.07) is 15.8. The fourth-order valence-corrected chi connectivity index (χ4v) is 3.24. The van der Waals surface area contributed by atoms with Gasteiger partial charge in [-0.15, -0.1) is 0 Å². The Bertz CT molecular complexity index is 1040. The number of rotatable bonds is 6. The molecule has 0 unspecified atom stereocenters. The van der Waals surface area contributed by atoms with E-state index in [1.165, 1.54) is 0 Å². The van der Waals surface area contributed by atoms with Crippen LogP contribution in [0.5, 0.6) is 0 Å². The van der Waals surface area contributed by atoms with Gasteiger partial charge in [0, 0.05) is 23.7 Å². The minimum Gasteiger partial charge on any atom is -0.339 e. The van der Waals surface area contributed by atoms with Crippen molar-refractivity contribution in [2.75, 3.05) is 0 Å². The summed E-state index contributed by atoms with van der Waals surface area (Å²) in [5.74, 6) is 1.34. The van der Waals surface area contributed by atoms with Crippen LogP contribution >= 0.6 is 0 Å². The molecule has 1 aliphatic carbocycles. The Morgan fingerprint density at radius 3 is 2.63 bits per heavy atom. The van der Waals surface area contributed by atoms with E-state index in [1.54, 1.807) is 11.0 Å². The summed E-state index contributed by atoms with van der Waals surface area (Å²) in [5, 5.41) is 13.1. The van der Waals surface area contributed by atoms with Crippen molar-refractivity contribution in [2.45, 2.75) is 31.1 Å². The van der Waals surface area contributed by atoms with Gasteiger partial charge in [0.05, 0.1) is 24.0 Å². The van der Waals surface area contributed by atoms with Crippen LogP contribution in [0.4, 0.5) is 0 Å². The van der Waals surface area contributed by atoms with Gasteiger partial charge in [-0.3, -0.25) is 4.98 Å². The summed E-state index contributed by atoms with van der Waals surface area (Å²) in [7, 11) is 0. The third-order valence-electron chi connectivity index (χ3n) is 4.90. The first-order valence-electron chi connectivity index (χ1n) is 9.00. The lowest BCUT2D eigenvalue weighted by Crippen LogP contribution is -2.13. The van der Waals surface area contributed by atoms with Crippen LogP contribution in [0.3, 0.4) is 0 Å². The van der Waals surface area contributed by atoms with Crippen LogP contribution in [0.25, 0.3) is 5.69 Å². The molecule has 3 aromatic heterocycles. The quantitative estimate of drug-likeness (QED) is 0.527. The zero-order valence-electron chi connectivity index (χ0n) is 14.7. The van der Waals surface area contributed by atoms with E-state index in [1.807, 2.05) is 54.7 Å². The van der Waals surface area contributed by atoms with E-state index in [4.69, 9.17) is 4.52 Å². The Balaban J connectivity index is 1.31. The van der Waals surface area contributed by atoms with Crippen LogP contribution in [0.15, 0.2) is 65.4 Å². The molecule has 5 rings (SSSR count). The van der Waals surface area contributed by atoms with Gasteiger partial charge in [-0.2, -0.15) is 20.0 Å². The molecule has 0 aliphatic heterocycles. The van der Waals surface area contributed by atoms with Gasteiger partial charge >= 0.3 is 0 Å². The second-order valence-corrected chi connectivity index (χ2v) is 6.93. The van der Waals surface area contributed by atoms with Crippen LogP contribution in [0.2, 0.25) is 0 Å². The summed E-state index contributed by atoms with van der Waals surface area (Å²) >= 11 is 0. The smallest absolute Gasteiger partial charge is 0.232 e. The molecule has 1 fully saturated rings. The summed E-state index contributed by atoms with van der Waals surface area (Å²) in [6.07, 6.45) is 7.00. The van der Waals surface area contributed by atoms with Crippen molar-refractivity contribution in [3.05, 3.63) is 84.0 Å². The van der Waals surface area contributed by atoms with Gasteiger partial charge in [-0.25, -0.2) is 0 Å². The third-order valence-corrected chi connectivity index (χ3v) is 4.90. The molecule has 0 bridgehead atoms. The highest BCUT2D eigenvalue weighted by atomic mass is 16.5. The van der Waals surface area contributed by atoms with Gasteiger partial charge in [-0.1, -0.05) is 29.4 Å². The number of benzene rings is 1. The maximum atomic E-state index is 5.49. The molecule has 27 heavy (non-hydrogen) atoms. The maximum Gasteiger partial charge on any atom is 0.232 e. The van der Waals surface area contributed by atoms with Crippen LogP contribution in [0.1, 0.15) is 35.9 Å². The molecule has 7 heteroatoms. The second-order valence-electron chi connectivity index (χ2n) is 6.93. The van der Waals surface area contributed by atoms with Crippen molar-refractivity contribution in [2.24, 2.45) is 0 Å². The molecular weight excluding hydrogens is 340 g/mol. The van der Waals surface area contributed by atoms with E-state index in [2.05, 4.69) is 25.3 Å². The molecule has 1 aromatic carbocycles. The van der Waals surface area contributed by atoms with Crippen LogP contribution in [-0.2, 0) is 18.3 Å². The highest BCUT2D eigenvalue weighted by Gasteiger charge is 2.48. The average Bonchev–Trinajstić information content (AvgIpc) is 3.12. The number of hydrogen-bond donors (Lipinski definition) is 0. The zero-order valence-corrected chi connectivity index (χ0v) is 14.7. The first kappa shape index (κ1) is 15.9. The van der Waals surface area contributed by atoms with E-state index in [0.29, 0.717) is 12.3 Å². The Morgan fingerprint density at radius 2 is 1.85 bits per heavy atom. The van der Waals surface area contributed by atoms with Crippen molar-refractivity contribution >= 4 is 0 Å². The standard InChI is InChI=1S/C20H18N6O/c1-2-7-17(8-3-1)26-22-14-16(24-26)12-18-23-19(25-27-18)20(9-10-20)13-15-6-4-5-11-21-15/h1-8,11,14H,9-10,12-13H2. The maximum absolute atomic E-state index is 5.49. The largest absolute Gasteiger partial charge is 0.339 e. The van der Waals surface area contributed by atoms with Crippen molar-refractivity contribution < 1.29 is 4.52 Å². The number of nitrogens with zero attached hydrogens (tertiary/aromatic N) is 6. The second kappa shape index (κ2) is 6.42. The van der Waals surface area contributed by atoms with Gasteiger partial charge < -0.3 is 4.52 Å². The molecule has 134 valence electrons. The third kappa shape index (κ3) is 3.23. The molecular formula is C20H18N6O. The molecule has 0 radical (unpaired) electrons. The number of hydrogen-bond acceptors (Lipinski definition) is 6. The summed E-state index contributed by atoms with van der Waals surface area (Å²) in [6.45, 7) is 0. The predicted octanol–water partition coefficient (Wildman–Crippen LogP) is 2.91. The van der Waals surface area contributed by atoms with E-state index in [-0.39, 0.29) is 5.41 Å². The first-order valence-corrected chi connectivity index (χ1v) is 9.00. The predicted molar refractivity (Wildman–Crippen MR) is 97.3 cm³/mol. The molecule has 4 aromatic rings. The number of aromatic nitrogens is 6. The lowest BCUT2D eigenvalue weighted by atomic mass is 9.99. The number of pyridine rings is 1. The Morgan fingerprint density at radius 1 is 1.00 bits per heavy atom. The summed E-state index contributed by atoms with van der Waals surface area (Å²) in [4.78, 5) is 10.7. The van der Waals surface area contributed by atoms with E-state index >= 15 is 0 Å². The molecule has 1 saturated carbocycles. The highest BCUT2D eigenvalue weighted by molar-refractivity contribution is 5.28. The van der Waals surface area contributed by atoms with Crippen molar-refractivity contribution in [3.8, 4) is 5.69 Å². The molecule has 3 heterocycles. The minimum absolute atomic E-state index is 0.0300. The van der Waals surface area contributed by atoms with E-state index < -0.39 is 0 Å². The lowest BCUT2D eigenvalue weighted by Gasteiger charge is -2.09. The fourth-order valence-electron chi connectivity index (χ4n) is 3.24. The van der Waals surface area contributed by atoms with Gasteiger partial charge in [0.25, 0.3) is 0 Å². The van der Waals surface area contributed by atoms with Gasteiger partial charge in [0.1, 0.15) is 0 Å². The summed E-state index contributed by atoms with van der Waals surface area (Å²) < 4.78 is 5.49.